The molecule has 1 unspecified atom stereocenters. The van der Waals surface area contributed by atoms with Gasteiger partial charge in [0.2, 0.25) is 5.91 Å². The molecule has 2 N–H and O–H groups in total. The minimum absolute atomic E-state index is 0.0502. The van der Waals surface area contributed by atoms with Gasteiger partial charge in [-0.2, -0.15) is 0 Å². The highest BCUT2D eigenvalue weighted by atomic mass is 16.6. The number of carbonyl (C=O) groups is 1. The van der Waals surface area contributed by atoms with Gasteiger partial charge in [-0.25, -0.2) is 0 Å². The first kappa shape index (κ1) is 17.0. The maximum absolute atomic E-state index is 11.4. The minimum atomic E-state index is -0.406. The van der Waals surface area contributed by atoms with Crippen LogP contribution in [0, 0.1) is 10.1 Å². The van der Waals surface area contributed by atoms with Gasteiger partial charge >= 0.3 is 0 Å². The Kier molecular flexibility index (Phi) is 5.00. The van der Waals surface area contributed by atoms with E-state index in [1.807, 2.05) is 17.8 Å². The highest BCUT2D eigenvalue weighted by molar-refractivity contribution is 5.90. The largest absolute Gasteiger partial charge is 0.377 e. The van der Waals surface area contributed by atoms with E-state index in [2.05, 4.69) is 0 Å². The molecule has 0 fully saturated rings. The average molecular weight is 319 g/mol. The molecule has 0 bridgehead atoms. The third-order valence-corrected chi connectivity index (χ3v) is 4.08. The number of nitro groups is 1. The predicted octanol–water partition coefficient (Wildman–Crippen LogP) is 2.60. The second-order valence-electron chi connectivity index (χ2n) is 5.61. The lowest BCUT2D eigenvalue weighted by molar-refractivity contribution is -0.386. The van der Waals surface area contributed by atoms with E-state index < -0.39 is 6.10 Å². The Morgan fingerprint density at radius 1 is 1.48 bits per heavy atom. The molecule has 0 aliphatic rings. The summed E-state index contributed by atoms with van der Waals surface area (Å²) >= 11 is 0. The zero-order valence-corrected chi connectivity index (χ0v) is 13.5. The van der Waals surface area contributed by atoms with Crippen molar-refractivity contribution in [2.75, 3.05) is 7.11 Å². The van der Waals surface area contributed by atoms with Crippen molar-refractivity contribution in [3.8, 4) is 0 Å². The Balaban J connectivity index is 2.61. The van der Waals surface area contributed by atoms with Crippen molar-refractivity contribution in [3.05, 3.63) is 39.6 Å². The molecule has 0 saturated carbocycles. The van der Waals surface area contributed by atoms with Crippen molar-refractivity contribution >= 4 is 22.5 Å². The summed E-state index contributed by atoms with van der Waals surface area (Å²) in [5.74, 6) is -0.346. The van der Waals surface area contributed by atoms with Crippen LogP contribution >= 0.6 is 0 Å². The summed E-state index contributed by atoms with van der Waals surface area (Å²) in [7, 11) is 3.43. The van der Waals surface area contributed by atoms with Crippen LogP contribution in [0.1, 0.15) is 37.0 Å². The maximum atomic E-state index is 11.4. The summed E-state index contributed by atoms with van der Waals surface area (Å²) in [6.07, 6.45) is 3.07. The van der Waals surface area contributed by atoms with E-state index in [0.717, 1.165) is 16.5 Å². The monoisotopic (exact) mass is 319 g/mol. The zero-order valence-electron chi connectivity index (χ0n) is 13.5. The number of nitrogens with two attached hydrogens (primary N) is 1. The minimum Gasteiger partial charge on any atom is -0.377 e. The van der Waals surface area contributed by atoms with Crippen LogP contribution in [0.4, 0.5) is 5.69 Å². The molecule has 0 saturated heterocycles. The number of amides is 1. The van der Waals surface area contributed by atoms with Gasteiger partial charge in [0.05, 0.1) is 16.6 Å². The molecular formula is C16H21N3O4. The second kappa shape index (κ2) is 6.78. The molecule has 1 atom stereocenters. The van der Waals surface area contributed by atoms with E-state index in [1.165, 1.54) is 13.2 Å². The highest BCUT2D eigenvalue weighted by Crippen LogP contribution is 2.37. The summed E-state index contributed by atoms with van der Waals surface area (Å²) in [5, 5.41) is 12.2. The SMILES string of the molecule is COC(C)c1c([N+](=O)[O-])ccc2c1c(CCCC(N)=O)cn2C. The summed E-state index contributed by atoms with van der Waals surface area (Å²) < 4.78 is 7.29. The predicted molar refractivity (Wildman–Crippen MR) is 87.1 cm³/mol. The van der Waals surface area contributed by atoms with E-state index in [1.54, 1.807) is 13.0 Å². The molecule has 1 heterocycles. The number of primary amides is 1. The first-order valence-corrected chi connectivity index (χ1v) is 7.43. The van der Waals surface area contributed by atoms with E-state index in [0.29, 0.717) is 24.8 Å². The molecule has 2 aromatic rings. The lowest BCUT2D eigenvalue weighted by atomic mass is 9.97. The molecule has 0 aliphatic carbocycles. The van der Waals surface area contributed by atoms with E-state index in [-0.39, 0.29) is 16.5 Å². The number of benzene rings is 1. The Labute approximate surface area is 134 Å². The Morgan fingerprint density at radius 3 is 2.74 bits per heavy atom. The average Bonchev–Trinajstić information content (AvgIpc) is 2.81. The van der Waals surface area contributed by atoms with Crippen molar-refractivity contribution in [3.63, 3.8) is 0 Å². The van der Waals surface area contributed by atoms with Crippen molar-refractivity contribution in [2.24, 2.45) is 12.8 Å². The van der Waals surface area contributed by atoms with Crippen LogP contribution in [0.2, 0.25) is 0 Å². The number of carbonyl (C=O) groups excluding carboxylic acids is 1. The highest BCUT2D eigenvalue weighted by Gasteiger charge is 2.25. The van der Waals surface area contributed by atoms with Gasteiger partial charge in [0.1, 0.15) is 0 Å². The fourth-order valence-corrected chi connectivity index (χ4v) is 2.93. The van der Waals surface area contributed by atoms with Crippen LogP contribution in [0.3, 0.4) is 0 Å². The fourth-order valence-electron chi connectivity index (χ4n) is 2.93. The summed E-state index contributed by atoms with van der Waals surface area (Å²) in [4.78, 5) is 21.9. The molecule has 0 aliphatic heterocycles. The van der Waals surface area contributed by atoms with E-state index in [9.17, 15) is 14.9 Å². The molecule has 1 aromatic heterocycles. The number of nitro benzene ring substituents is 1. The van der Waals surface area contributed by atoms with Crippen molar-refractivity contribution in [1.82, 2.24) is 4.57 Å². The zero-order chi connectivity index (χ0) is 17.1. The van der Waals surface area contributed by atoms with Gasteiger partial charge in [-0.05, 0) is 31.4 Å². The van der Waals surface area contributed by atoms with Crippen LogP contribution in [0.15, 0.2) is 18.3 Å². The van der Waals surface area contributed by atoms with Crippen LogP contribution in [-0.2, 0) is 23.0 Å². The van der Waals surface area contributed by atoms with Crippen LogP contribution in [0.25, 0.3) is 10.9 Å². The van der Waals surface area contributed by atoms with Gasteiger partial charge in [-0.1, -0.05) is 0 Å². The van der Waals surface area contributed by atoms with Crippen molar-refractivity contribution < 1.29 is 14.5 Å². The smallest absolute Gasteiger partial charge is 0.275 e. The lowest BCUT2D eigenvalue weighted by Crippen LogP contribution is -2.10. The van der Waals surface area contributed by atoms with Crippen molar-refractivity contribution in [1.29, 1.82) is 0 Å². The lowest BCUT2D eigenvalue weighted by Gasteiger charge is -2.13. The molecule has 2 rings (SSSR count). The molecule has 0 radical (unpaired) electrons. The van der Waals surface area contributed by atoms with Gasteiger partial charge in [-0.3, -0.25) is 14.9 Å². The molecule has 1 aromatic carbocycles. The van der Waals surface area contributed by atoms with Crippen LogP contribution in [-0.4, -0.2) is 22.5 Å². The number of fused-ring (bicyclic) bond motifs is 1. The first-order chi connectivity index (χ1) is 10.9. The number of nitrogens with zero attached hydrogens (tertiary/aromatic N) is 2. The quantitative estimate of drug-likeness (QED) is 0.626. The van der Waals surface area contributed by atoms with Gasteiger partial charge in [0.25, 0.3) is 5.69 Å². The molecule has 7 nitrogen and oxygen atoms in total. The standard InChI is InChI=1S/C16H21N3O4/c1-10(23-3)15-13(19(21)22)8-7-12-16(15)11(9-18(12)2)5-4-6-14(17)20/h7-10H,4-6H2,1-3H3,(H2,17,20). The fraction of sp³-hybridized carbons (Fsp3) is 0.438. The number of aromatic nitrogens is 1. The number of hydrogen-bond donors (Lipinski definition) is 1. The molecule has 124 valence electrons. The third kappa shape index (κ3) is 3.34. The normalized spacial score (nSPS) is 12.5. The number of hydrogen-bond acceptors (Lipinski definition) is 4. The van der Waals surface area contributed by atoms with Crippen molar-refractivity contribution in [2.45, 2.75) is 32.3 Å². The van der Waals surface area contributed by atoms with E-state index >= 15 is 0 Å². The summed E-state index contributed by atoms with van der Waals surface area (Å²) in [6, 6.07) is 3.26. The van der Waals surface area contributed by atoms with Gasteiger partial charge in [0, 0.05) is 43.7 Å². The van der Waals surface area contributed by atoms with Gasteiger partial charge in [-0.15, -0.1) is 0 Å². The molecule has 7 heteroatoms. The number of aryl methyl sites for hydroxylation is 2. The second-order valence-corrected chi connectivity index (χ2v) is 5.61. The molecule has 1 amide bonds. The number of ether oxygens (including phenoxy) is 1. The molecular weight excluding hydrogens is 298 g/mol. The van der Waals surface area contributed by atoms with E-state index in [4.69, 9.17) is 10.5 Å². The maximum Gasteiger partial charge on any atom is 0.275 e. The van der Waals surface area contributed by atoms with Crippen LogP contribution in [0.5, 0.6) is 0 Å². The Bertz CT molecular complexity index is 751. The van der Waals surface area contributed by atoms with Gasteiger partial charge in [0.15, 0.2) is 0 Å². The molecule has 0 spiro atoms. The first-order valence-electron chi connectivity index (χ1n) is 7.43. The van der Waals surface area contributed by atoms with Crippen LogP contribution < -0.4 is 5.73 Å². The third-order valence-electron chi connectivity index (χ3n) is 4.08. The topological polar surface area (TPSA) is 100 Å². The Morgan fingerprint density at radius 2 is 2.17 bits per heavy atom. The number of methoxy groups -OCH3 is 1. The summed E-state index contributed by atoms with van der Waals surface area (Å²) in [5.41, 5.74) is 7.68. The number of rotatable bonds is 7. The molecule has 23 heavy (non-hydrogen) atoms. The summed E-state index contributed by atoms with van der Waals surface area (Å²) in [6.45, 7) is 1.79. The van der Waals surface area contributed by atoms with Gasteiger partial charge < -0.3 is 15.0 Å². The Hall–Kier alpha value is -2.41.